The topological polar surface area (TPSA) is 60.4 Å². The van der Waals surface area contributed by atoms with Gasteiger partial charge in [0.05, 0.1) is 21.7 Å². The van der Waals surface area contributed by atoms with E-state index in [0.717, 1.165) is 0 Å². The van der Waals surface area contributed by atoms with E-state index in [0.29, 0.717) is 11.3 Å². The number of fused-ring (bicyclic) bond motifs is 1. The Morgan fingerprint density at radius 2 is 2.00 bits per heavy atom. The lowest BCUT2D eigenvalue weighted by Gasteiger charge is -2.09. The predicted octanol–water partition coefficient (Wildman–Crippen LogP) is 1.80. The van der Waals surface area contributed by atoms with E-state index in [2.05, 4.69) is 0 Å². The zero-order valence-electron chi connectivity index (χ0n) is 10.9. The standard InChI is InChI=1S/C14H16O4S/c1-3-18-12(15)13-9-14(13,10(13)2)19(16,17)11-7-5-4-6-8-11/h4-8,10H,3,9H2,1-2H3/t10-,13-,14-/m1/s1. The molecule has 2 aliphatic rings. The van der Waals surface area contributed by atoms with Crippen LogP contribution in [0.3, 0.4) is 0 Å². The van der Waals surface area contributed by atoms with Gasteiger partial charge in [-0.25, -0.2) is 8.42 Å². The van der Waals surface area contributed by atoms with Crippen molar-refractivity contribution in [3.63, 3.8) is 0 Å². The van der Waals surface area contributed by atoms with Crippen LogP contribution in [-0.4, -0.2) is 25.7 Å². The molecule has 0 amide bonds. The Balaban J connectivity index is 1.97. The van der Waals surface area contributed by atoms with Crippen molar-refractivity contribution in [2.75, 3.05) is 6.61 Å². The van der Waals surface area contributed by atoms with Gasteiger partial charge in [0.2, 0.25) is 0 Å². The largest absolute Gasteiger partial charge is 0.466 e. The highest BCUT2D eigenvalue weighted by molar-refractivity contribution is 7.93. The number of hydrogen-bond donors (Lipinski definition) is 0. The van der Waals surface area contributed by atoms with Crippen molar-refractivity contribution in [3.8, 4) is 0 Å². The van der Waals surface area contributed by atoms with Gasteiger partial charge in [0, 0.05) is 0 Å². The third-order valence-corrected chi connectivity index (χ3v) is 7.41. The highest BCUT2D eigenvalue weighted by Gasteiger charge is 2.99. The summed E-state index contributed by atoms with van der Waals surface area (Å²) in [7, 11) is -3.46. The minimum Gasteiger partial charge on any atom is -0.466 e. The molecule has 2 fully saturated rings. The van der Waals surface area contributed by atoms with Crippen LogP contribution >= 0.6 is 0 Å². The first-order valence-electron chi connectivity index (χ1n) is 6.42. The molecular weight excluding hydrogens is 264 g/mol. The van der Waals surface area contributed by atoms with Crippen molar-refractivity contribution in [1.29, 1.82) is 0 Å². The normalized spacial score (nSPS) is 35.4. The monoisotopic (exact) mass is 280 g/mol. The first-order valence-corrected chi connectivity index (χ1v) is 7.90. The Morgan fingerprint density at radius 1 is 1.37 bits per heavy atom. The number of ether oxygens (including phenoxy) is 1. The molecule has 0 unspecified atom stereocenters. The lowest BCUT2D eigenvalue weighted by atomic mass is 10.1. The van der Waals surface area contributed by atoms with Crippen LogP contribution < -0.4 is 0 Å². The minimum absolute atomic E-state index is 0.149. The average Bonchev–Trinajstić information content (AvgIpc) is 3.25. The molecule has 19 heavy (non-hydrogen) atoms. The third-order valence-electron chi connectivity index (χ3n) is 4.70. The van der Waals surface area contributed by atoms with Crippen LogP contribution in [-0.2, 0) is 19.4 Å². The molecule has 0 heterocycles. The molecule has 2 saturated carbocycles. The highest BCUT2D eigenvalue weighted by atomic mass is 32.2. The van der Waals surface area contributed by atoms with Gasteiger partial charge in [-0.2, -0.15) is 0 Å². The van der Waals surface area contributed by atoms with E-state index in [1.807, 2.05) is 6.92 Å². The number of carbonyl (C=O) groups excluding carboxylic acids is 1. The van der Waals surface area contributed by atoms with Crippen LogP contribution in [0.1, 0.15) is 20.3 Å². The molecule has 0 aliphatic heterocycles. The second-order valence-electron chi connectivity index (χ2n) is 5.30. The smallest absolute Gasteiger partial charge is 0.314 e. The van der Waals surface area contributed by atoms with Gasteiger partial charge < -0.3 is 4.74 Å². The Kier molecular flexibility index (Phi) is 2.40. The van der Waals surface area contributed by atoms with Gasteiger partial charge in [-0.15, -0.1) is 0 Å². The zero-order valence-corrected chi connectivity index (χ0v) is 11.7. The molecule has 0 N–H and O–H groups in total. The molecular formula is C14H16O4S. The summed E-state index contributed by atoms with van der Waals surface area (Å²) >= 11 is 0. The van der Waals surface area contributed by atoms with Crippen molar-refractivity contribution >= 4 is 15.8 Å². The van der Waals surface area contributed by atoms with Gasteiger partial charge in [0.25, 0.3) is 0 Å². The summed E-state index contributed by atoms with van der Waals surface area (Å²) in [5.74, 6) is -0.508. The van der Waals surface area contributed by atoms with Crippen molar-refractivity contribution in [2.24, 2.45) is 11.3 Å². The fourth-order valence-electron chi connectivity index (χ4n) is 3.38. The van der Waals surface area contributed by atoms with E-state index >= 15 is 0 Å². The van der Waals surface area contributed by atoms with Gasteiger partial charge in [-0.3, -0.25) is 4.79 Å². The number of rotatable bonds is 4. The van der Waals surface area contributed by atoms with Gasteiger partial charge in [0.15, 0.2) is 9.84 Å². The molecule has 0 radical (unpaired) electrons. The average molecular weight is 280 g/mol. The summed E-state index contributed by atoms with van der Waals surface area (Å²) < 4.78 is 29.5. The quantitative estimate of drug-likeness (QED) is 0.789. The maximum atomic E-state index is 12.7. The SMILES string of the molecule is CCOC(=O)[C@]12C[C@@]1(S(=O)(=O)c1ccccc1)[C@@H]2C. The van der Waals surface area contributed by atoms with Crippen molar-refractivity contribution in [3.05, 3.63) is 30.3 Å². The summed E-state index contributed by atoms with van der Waals surface area (Å²) in [6.45, 7) is 3.84. The summed E-state index contributed by atoms with van der Waals surface area (Å²) in [4.78, 5) is 12.3. The fourth-order valence-corrected chi connectivity index (χ4v) is 6.09. The third kappa shape index (κ3) is 1.24. The van der Waals surface area contributed by atoms with Crippen molar-refractivity contribution < 1.29 is 17.9 Å². The first kappa shape index (κ1) is 12.7. The van der Waals surface area contributed by atoms with Crippen molar-refractivity contribution in [2.45, 2.75) is 29.9 Å². The predicted molar refractivity (Wildman–Crippen MR) is 69.2 cm³/mol. The Morgan fingerprint density at radius 3 is 2.53 bits per heavy atom. The maximum absolute atomic E-state index is 12.7. The van der Waals surface area contributed by atoms with Crippen LogP contribution in [0.4, 0.5) is 0 Å². The molecule has 0 bridgehead atoms. The van der Waals surface area contributed by atoms with Gasteiger partial charge in [0.1, 0.15) is 0 Å². The Hall–Kier alpha value is -1.36. The van der Waals surface area contributed by atoms with E-state index < -0.39 is 20.0 Å². The summed E-state index contributed by atoms with van der Waals surface area (Å²) in [5.41, 5.74) is -0.780. The second kappa shape index (κ2) is 3.60. The fraction of sp³-hybridized carbons (Fsp3) is 0.500. The van der Waals surface area contributed by atoms with Crippen LogP contribution in [0.5, 0.6) is 0 Å². The Labute approximate surface area is 112 Å². The molecule has 0 aromatic heterocycles. The minimum atomic E-state index is -3.46. The number of hydrogen-bond acceptors (Lipinski definition) is 4. The second-order valence-corrected chi connectivity index (χ2v) is 7.50. The summed E-state index contributed by atoms with van der Waals surface area (Å²) in [6.07, 6.45) is 0.400. The van der Waals surface area contributed by atoms with E-state index in [1.54, 1.807) is 37.3 Å². The van der Waals surface area contributed by atoms with Gasteiger partial charge in [-0.1, -0.05) is 25.1 Å². The number of benzene rings is 1. The number of sulfone groups is 1. The van der Waals surface area contributed by atoms with Gasteiger partial charge in [-0.05, 0) is 31.4 Å². The molecule has 2 aliphatic carbocycles. The van der Waals surface area contributed by atoms with Gasteiger partial charge >= 0.3 is 5.97 Å². The van der Waals surface area contributed by atoms with E-state index in [-0.39, 0.29) is 18.5 Å². The van der Waals surface area contributed by atoms with Crippen LogP contribution in [0.15, 0.2) is 35.2 Å². The molecule has 0 saturated heterocycles. The molecule has 4 nitrogen and oxygen atoms in total. The lowest BCUT2D eigenvalue weighted by molar-refractivity contribution is -0.147. The molecule has 102 valence electrons. The summed E-state index contributed by atoms with van der Waals surface area (Å²) in [5, 5.41) is 0. The molecule has 5 heteroatoms. The summed E-state index contributed by atoms with van der Waals surface area (Å²) in [6, 6.07) is 8.35. The van der Waals surface area contributed by atoms with Crippen LogP contribution in [0, 0.1) is 11.3 Å². The molecule has 1 aromatic carbocycles. The Bertz CT molecular complexity index is 637. The van der Waals surface area contributed by atoms with Crippen LogP contribution in [0.2, 0.25) is 0 Å². The molecule has 3 atom stereocenters. The maximum Gasteiger partial charge on any atom is 0.314 e. The lowest BCUT2D eigenvalue weighted by Crippen LogP contribution is -2.17. The molecule has 1 aromatic rings. The first-order chi connectivity index (χ1) is 8.95. The molecule has 0 spiro atoms. The van der Waals surface area contributed by atoms with Crippen molar-refractivity contribution in [1.82, 2.24) is 0 Å². The number of carbonyl (C=O) groups is 1. The van der Waals surface area contributed by atoms with Crippen LogP contribution in [0.25, 0.3) is 0 Å². The number of esters is 1. The molecule has 3 rings (SSSR count). The highest BCUT2D eigenvalue weighted by Crippen LogP contribution is 2.87. The zero-order chi connectivity index (χ0) is 13.9. The van der Waals surface area contributed by atoms with E-state index in [1.165, 1.54) is 0 Å². The van der Waals surface area contributed by atoms with E-state index in [9.17, 15) is 13.2 Å². The van der Waals surface area contributed by atoms with E-state index in [4.69, 9.17) is 4.74 Å².